The zero-order valence-electron chi connectivity index (χ0n) is 14.5. The van der Waals surface area contributed by atoms with Gasteiger partial charge in [0.15, 0.2) is 0 Å². The van der Waals surface area contributed by atoms with Crippen molar-refractivity contribution in [2.24, 2.45) is 0 Å². The number of rotatable bonds is 7. The SMILES string of the molecule is CCCCC(CCCC)N1C(=O)c2cccc3cccc(c23)C1=O. The number of hydrogen-bond donors (Lipinski definition) is 0. The van der Waals surface area contributed by atoms with Gasteiger partial charge in [0.2, 0.25) is 0 Å². The summed E-state index contributed by atoms with van der Waals surface area (Å²) in [4.78, 5) is 27.7. The number of imide groups is 1. The molecule has 0 aromatic heterocycles. The second-order valence-corrected chi connectivity index (χ2v) is 6.63. The minimum atomic E-state index is -0.124. The Balaban J connectivity index is 2.04. The number of amides is 2. The number of benzene rings is 2. The summed E-state index contributed by atoms with van der Waals surface area (Å²) in [5.74, 6) is -0.247. The molecular formula is C21H25NO2. The molecule has 3 rings (SSSR count). The zero-order chi connectivity index (χ0) is 17.1. The lowest BCUT2D eigenvalue weighted by atomic mass is 9.91. The molecule has 0 N–H and O–H groups in total. The topological polar surface area (TPSA) is 37.4 Å². The van der Waals surface area contributed by atoms with E-state index >= 15 is 0 Å². The zero-order valence-corrected chi connectivity index (χ0v) is 14.5. The summed E-state index contributed by atoms with van der Waals surface area (Å²) in [6.07, 6.45) is 6.02. The molecule has 126 valence electrons. The molecule has 0 bridgehead atoms. The molecule has 0 saturated heterocycles. The Labute approximate surface area is 143 Å². The van der Waals surface area contributed by atoms with Crippen LogP contribution in [0, 0.1) is 0 Å². The van der Waals surface area contributed by atoms with Crippen molar-refractivity contribution in [2.45, 2.75) is 58.4 Å². The lowest BCUT2D eigenvalue weighted by Crippen LogP contribution is -2.47. The highest BCUT2D eigenvalue weighted by Gasteiger charge is 2.36. The van der Waals surface area contributed by atoms with Gasteiger partial charge < -0.3 is 0 Å². The van der Waals surface area contributed by atoms with Gasteiger partial charge in [-0.25, -0.2) is 0 Å². The van der Waals surface area contributed by atoms with Gasteiger partial charge >= 0.3 is 0 Å². The molecule has 3 nitrogen and oxygen atoms in total. The molecule has 0 atom stereocenters. The normalized spacial score (nSPS) is 14.0. The number of unbranched alkanes of at least 4 members (excludes halogenated alkanes) is 2. The Hall–Kier alpha value is -2.16. The van der Waals surface area contributed by atoms with Crippen LogP contribution in [-0.4, -0.2) is 22.8 Å². The van der Waals surface area contributed by atoms with Crippen LogP contribution in [-0.2, 0) is 0 Å². The van der Waals surface area contributed by atoms with E-state index in [4.69, 9.17) is 0 Å². The van der Waals surface area contributed by atoms with Crippen molar-refractivity contribution in [3.05, 3.63) is 47.5 Å². The Kier molecular flexibility index (Phi) is 4.98. The van der Waals surface area contributed by atoms with Gasteiger partial charge in [-0.2, -0.15) is 0 Å². The van der Waals surface area contributed by atoms with Crippen LogP contribution in [0.5, 0.6) is 0 Å². The summed E-state index contributed by atoms with van der Waals surface area (Å²) in [6.45, 7) is 4.29. The molecule has 2 aromatic carbocycles. The molecule has 3 heteroatoms. The van der Waals surface area contributed by atoms with Crippen LogP contribution in [0.4, 0.5) is 0 Å². The summed E-state index contributed by atoms with van der Waals surface area (Å²) in [5, 5.41) is 1.78. The Morgan fingerprint density at radius 1 is 0.833 bits per heavy atom. The fraction of sp³-hybridized carbons (Fsp3) is 0.429. The lowest BCUT2D eigenvalue weighted by molar-refractivity contribution is 0.0518. The van der Waals surface area contributed by atoms with Gasteiger partial charge in [-0.3, -0.25) is 14.5 Å². The molecule has 0 saturated carbocycles. The number of carbonyl (C=O) groups is 2. The number of hydrogen-bond acceptors (Lipinski definition) is 2. The molecular weight excluding hydrogens is 298 g/mol. The first-order valence-corrected chi connectivity index (χ1v) is 9.08. The summed E-state index contributed by atoms with van der Waals surface area (Å²) >= 11 is 0. The molecule has 1 heterocycles. The number of nitrogens with zero attached hydrogens (tertiary/aromatic N) is 1. The third-order valence-corrected chi connectivity index (χ3v) is 4.95. The summed E-state index contributed by atoms with van der Waals surface area (Å²) in [7, 11) is 0. The van der Waals surface area contributed by atoms with E-state index in [1.165, 1.54) is 0 Å². The molecule has 1 aliphatic heterocycles. The Morgan fingerprint density at radius 3 is 1.79 bits per heavy atom. The van der Waals surface area contributed by atoms with Crippen molar-refractivity contribution in [3.63, 3.8) is 0 Å². The van der Waals surface area contributed by atoms with Crippen LogP contribution in [0.25, 0.3) is 10.8 Å². The maximum atomic E-state index is 13.1. The van der Waals surface area contributed by atoms with Gasteiger partial charge in [-0.05, 0) is 30.4 Å². The maximum Gasteiger partial charge on any atom is 0.261 e. The van der Waals surface area contributed by atoms with Gasteiger partial charge in [-0.15, -0.1) is 0 Å². The quantitative estimate of drug-likeness (QED) is 0.658. The minimum absolute atomic E-state index is 0.00788. The molecule has 0 aliphatic carbocycles. The molecule has 0 spiro atoms. The third-order valence-electron chi connectivity index (χ3n) is 4.95. The fourth-order valence-corrected chi connectivity index (χ4v) is 3.66. The van der Waals surface area contributed by atoms with Crippen molar-refractivity contribution in [1.82, 2.24) is 4.90 Å². The highest BCUT2D eigenvalue weighted by molar-refractivity contribution is 6.25. The molecule has 1 aliphatic rings. The van der Waals surface area contributed by atoms with Crippen molar-refractivity contribution >= 4 is 22.6 Å². The summed E-state index contributed by atoms with van der Waals surface area (Å²) in [5.41, 5.74) is 1.33. The van der Waals surface area contributed by atoms with Gasteiger partial charge in [0.05, 0.1) is 0 Å². The first-order valence-electron chi connectivity index (χ1n) is 9.08. The Morgan fingerprint density at radius 2 is 1.33 bits per heavy atom. The van der Waals surface area contributed by atoms with E-state index in [1.807, 2.05) is 36.4 Å². The predicted molar refractivity (Wildman–Crippen MR) is 97.3 cm³/mol. The van der Waals surface area contributed by atoms with E-state index in [0.29, 0.717) is 11.1 Å². The number of carbonyl (C=O) groups excluding carboxylic acids is 2. The van der Waals surface area contributed by atoms with E-state index < -0.39 is 0 Å². The van der Waals surface area contributed by atoms with Gasteiger partial charge in [0.25, 0.3) is 11.8 Å². The average molecular weight is 323 g/mol. The first-order chi connectivity index (χ1) is 11.7. The molecule has 0 fully saturated rings. The molecule has 0 unspecified atom stereocenters. The van der Waals surface area contributed by atoms with Crippen molar-refractivity contribution in [2.75, 3.05) is 0 Å². The molecule has 2 amide bonds. The van der Waals surface area contributed by atoms with Crippen LogP contribution in [0.2, 0.25) is 0 Å². The van der Waals surface area contributed by atoms with Crippen molar-refractivity contribution in [3.8, 4) is 0 Å². The van der Waals surface area contributed by atoms with E-state index in [1.54, 1.807) is 4.90 Å². The summed E-state index contributed by atoms with van der Waals surface area (Å²) in [6, 6.07) is 11.4. The fourth-order valence-electron chi connectivity index (χ4n) is 3.66. The van der Waals surface area contributed by atoms with Crippen LogP contribution in [0.3, 0.4) is 0 Å². The maximum absolute atomic E-state index is 13.1. The largest absolute Gasteiger partial charge is 0.271 e. The Bertz CT molecular complexity index is 707. The lowest BCUT2D eigenvalue weighted by Gasteiger charge is -2.34. The van der Waals surface area contributed by atoms with Crippen molar-refractivity contribution in [1.29, 1.82) is 0 Å². The van der Waals surface area contributed by atoms with Crippen LogP contribution in [0.15, 0.2) is 36.4 Å². The highest BCUT2D eigenvalue weighted by atomic mass is 16.2. The van der Waals surface area contributed by atoms with E-state index in [2.05, 4.69) is 13.8 Å². The van der Waals surface area contributed by atoms with E-state index in [9.17, 15) is 9.59 Å². The highest BCUT2D eigenvalue weighted by Crippen LogP contribution is 2.32. The monoisotopic (exact) mass is 323 g/mol. The van der Waals surface area contributed by atoms with Crippen LogP contribution >= 0.6 is 0 Å². The molecule has 24 heavy (non-hydrogen) atoms. The second-order valence-electron chi connectivity index (χ2n) is 6.63. The van der Waals surface area contributed by atoms with Gasteiger partial charge in [0, 0.05) is 22.6 Å². The smallest absolute Gasteiger partial charge is 0.261 e. The standard InChI is InChI=1S/C21H25NO2/c1-3-5-11-16(12-6-4-2)22-20(23)17-13-7-9-15-10-8-14-18(19(15)17)21(22)24/h7-10,13-14,16H,3-6,11-12H2,1-2H3. The summed E-state index contributed by atoms with van der Waals surface area (Å²) < 4.78 is 0. The minimum Gasteiger partial charge on any atom is -0.271 e. The average Bonchev–Trinajstić information content (AvgIpc) is 2.61. The van der Waals surface area contributed by atoms with Crippen molar-refractivity contribution < 1.29 is 9.59 Å². The molecule has 0 radical (unpaired) electrons. The van der Waals surface area contributed by atoms with E-state index in [-0.39, 0.29) is 17.9 Å². The second kappa shape index (κ2) is 7.16. The van der Waals surface area contributed by atoms with Gasteiger partial charge in [0.1, 0.15) is 0 Å². The predicted octanol–water partition coefficient (Wildman–Crippen LogP) is 5.18. The third kappa shape index (κ3) is 2.83. The van der Waals surface area contributed by atoms with Gasteiger partial charge in [-0.1, -0.05) is 63.8 Å². The van der Waals surface area contributed by atoms with E-state index in [0.717, 1.165) is 49.3 Å². The van der Waals surface area contributed by atoms with Crippen LogP contribution < -0.4 is 0 Å². The van der Waals surface area contributed by atoms with Crippen LogP contribution in [0.1, 0.15) is 73.1 Å². The molecule has 2 aromatic rings. The first kappa shape index (κ1) is 16.7.